The van der Waals surface area contributed by atoms with E-state index in [0.29, 0.717) is 32.9 Å². The first-order chi connectivity index (χ1) is 17.5. The van der Waals surface area contributed by atoms with E-state index < -0.39 is 6.04 Å². The van der Waals surface area contributed by atoms with Gasteiger partial charge in [0.05, 0.1) is 22.4 Å². The third-order valence-electron chi connectivity index (χ3n) is 5.76. The van der Waals surface area contributed by atoms with Crippen LogP contribution < -0.4 is 24.9 Å². The van der Waals surface area contributed by atoms with Gasteiger partial charge in [-0.05, 0) is 60.7 Å². The molecule has 0 fully saturated rings. The summed E-state index contributed by atoms with van der Waals surface area (Å²) < 4.78 is 7.87. The maximum absolute atomic E-state index is 13.7. The topological polar surface area (TPSA) is 72.7 Å². The van der Waals surface area contributed by atoms with Gasteiger partial charge in [0.15, 0.2) is 4.80 Å². The predicted molar refractivity (Wildman–Crippen MR) is 145 cm³/mol. The summed E-state index contributed by atoms with van der Waals surface area (Å²) in [6.45, 7) is 4.56. The van der Waals surface area contributed by atoms with Gasteiger partial charge in [0, 0.05) is 10.6 Å². The molecule has 1 N–H and O–H groups in total. The van der Waals surface area contributed by atoms with E-state index in [0.717, 1.165) is 22.6 Å². The van der Waals surface area contributed by atoms with Crippen molar-refractivity contribution in [2.45, 2.75) is 26.3 Å². The minimum Gasteiger partial charge on any atom is -0.494 e. The van der Waals surface area contributed by atoms with Crippen molar-refractivity contribution in [2.75, 3.05) is 11.9 Å². The molecule has 182 valence electrons. The second-order valence-corrected chi connectivity index (χ2v) is 10.3. The van der Waals surface area contributed by atoms with Gasteiger partial charge in [-0.2, -0.15) is 0 Å². The zero-order valence-corrected chi connectivity index (χ0v) is 21.6. The number of aromatic nitrogens is 1. The summed E-state index contributed by atoms with van der Waals surface area (Å²) in [5.74, 6) is 0.538. The number of ether oxygens (including phenoxy) is 1. The maximum atomic E-state index is 13.7. The minimum absolute atomic E-state index is 0.166. The van der Waals surface area contributed by atoms with Gasteiger partial charge in [0.25, 0.3) is 11.5 Å². The van der Waals surface area contributed by atoms with Gasteiger partial charge in [-0.15, -0.1) is 11.3 Å². The molecule has 4 aromatic rings. The Balaban J connectivity index is 1.56. The number of nitrogens with zero attached hydrogens (tertiary/aromatic N) is 2. The fourth-order valence-electron chi connectivity index (χ4n) is 4.08. The van der Waals surface area contributed by atoms with Crippen LogP contribution >= 0.6 is 22.7 Å². The van der Waals surface area contributed by atoms with Gasteiger partial charge < -0.3 is 10.1 Å². The highest BCUT2D eigenvalue weighted by Gasteiger charge is 2.33. The second-order valence-electron chi connectivity index (χ2n) is 8.33. The molecule has 1 aliphatic rings. The molecule has 6 nitrogen and oxygen atoms in total. The van der Waals surface area contributed by atoms with Crippen LogP contribution in [0.4, 0.5) is 5.69 Å². The lowest BCUT2D eigenvalue weighted by Gasteiger charge is -2.24. The summed E-state index contributed by atoms with van der Waals surface area (Å²) in [6.07, 6.45) is 2.81. The fraction of sp³-hybridized carbons (Fsp3) is 0.179. The number of thiazole rings is 1. The molecule has 2 aromatic heterocycles. The second kappa shape index (κ2) is 10.5. The van der Waals surface area contributed by atoms with Crippen molar-refractivity contribution in [3.05, 3.63) is 114 Å². The smallest absolute Gasteiger partial charge is 0.271 e. The molecular weight excluding hydrogens is 490 g/mol. The number of anilines is 1. The molecule has 0 saturated heterocycles. The van der Waals surface area contributed by atoms with Crippen LogP contribution in [-0.4, -0.2) is 17.1 Å². The van der Waals surface area contributed by atoms with Crippen LogP contribution in [0, 0.1) is 0 Å². The lowest BCUT2D eigenvalue weighted by Crippen LogP contribution is -2.40. The quantitative estimate of drug-likeness (QED) is 0.387. The molecule has 0 aliphatic carbocycles. The van der Waals surface area contributed by atoms with E-state index in [-0.39, 0.29) is 11.5 Å². The number of benzene rings is 2. The Morgan fingerprint density at radius 2 is 1.89 bits per heavy atom. The van der Waals surface area contributed by atoms with Crippen molar-refractivity contribution >= 4 is 40.3 Å². The first-order valence-electron chi connectivity index (χ1n) is 11.7. The average molecular weight is 516 g/mol. The van der Waals surface area contributed by atoms with E-state index in [1.165, 1.54) is 22.7 Å². The molecule has 1 atom stereocenters. The number of rotatable bonds is 7. The summed E-state index contributed by atoms with van der Waals surface area (Å²) in [7, 11) is 0. The highest BCUT2D eigenvalue weighted by atomic mass is 32.1. The lowest BCUT2D eigenvalue weighted by molar-refractivity contribution is -0.113. The molecule has 0 spiro atoms. The number of hydrogen-bond donors (Lipinski definition) is 1. The van der Waals surface area contributed by atoms with Gasteiger partial charge in [0.1, 0.15) is 11.8 Å². The van der Waals surface area contributed by atoms with E-state index >= 15 is 0 Å². The van der Waals surface area contributed by atoms with Crippen LogP contribution in [-0.2, 0) is 4.79 Å². The highest BCUT2D eigenvalue weighted by molar-refractivity contribution is 7.10. The fourth-order valence-corrected chi connectivity index (χ4v) is 5.95. The number of para-hydroxylation sites is 1. The largest absolute Gasteiger partial charge is 0.494 e. The summed E-state index contributed by atoms with van der Waals surface area (Å²) in [5.41, 5.74) is 2.50. The van der Waals surface area contributed by atoms with Crippen LogP contribution in [0.25, 0.3) is 6.08 Å². The first-order valence-corrected chi connectivity index (χ1v) is 13.4. The van der Waals surface area contributed by atoms with E-state index in [1.807, 2.05) is 85.1 Å². The Bertz CT molecular complexity index is 1580. The van der Waals surface area contributed by atoms with Crippen molar-refractivity contribution < 1.29 is 9.53 Å². The molecule has 36 heavy (non-hydrogen) atoms. The van der Waals surface area contributed by atoms with Gasteiger partial charge in [-0.3, -0.25) is 14.2 Å². The van der Waals surface area contributed by atoms with Crippen molar-refractivity contribution in [3.8, 4) is 5.75 Å². The summed E-state index contributed by atoms with van der Waals surface area (Å²) in [5, 5.41) is 4.92. The Kier molecular flexibility index (Phi) is 6.97. The van der Waals surface area contributed by atoms with Crippen molar-refractivity contribution in [3.63, 3.8) is 0 Å². The molecule has 3 heterocycles. The zero-order chi connectivity index (χ0) is 25.1. The molecule has 5 rings (SSSR count). The monoisotopic (exact) mass is 515 g/mol. The summed E-state index contributed by atoms with van der Waals surface area (Å²) in [4.78, 5) is 33.3. The lowest BCUT2D eigenvalue weighted by atomic mass is 10.0. The Hall–Kier alpha value is -3.75. The zero-order valence-electron chi connectivity index (χ0n) is 19.9. The third-order valence-corrected chi connectivity index (χ3v) is 7.67. The summed E-state index contributed by atoms with van der Waals surface area (Å²) >= 11 is 2.85. The van der Waals surface area contributed by atoms with E-state index in [4.69, 9.17) is 4.74 Å². The van der Waals surface area contributed by atoms with Gasteiger partial charge in [0.2, 0.25) is 0 Å². The predicted octanol–water partition coefficient (Wildman–Crippen LogP) is 4.72. The van der Waals surface area contributed by atoms with Gasteiger partial charge >= 0.3 is 0 Å². The molecule has 0 saturated carbocycles. The van der Waals surface area contributed by atoms with Crippen molar-refractivity contribution in [1.29, 1.82) is 0 Å². The molecule has 0 bridgehead atoms. The van der Waals surface area contributed by atoms with Crippen LogP contribution in [0.1, 0.15) is 36.8 Å². The molecular formula is C28H25N3O3S2. The number of fused-ring (bicyclic) bond motifs is 1. The van der Waals surface area contributed by atoms with E-state index in [1.54, 1.807) is 4.57 Å². The minimum atomic E-state index is -0.545. The number of thiophene rings is 1. The standard InChI is InChI=1S/C28H25N3O3S2/c1-3-15-34-21-13-11-19(12-14-21)17-23-27(33)31-25(22-10-7-16-35-22)24(18(2)29-28(31)36-23)26(32)30-20-8-5-4-6-9-20/h4-14,16-17,25H,3,15H2,1-2H3,(H,30,32)/b23-17-/t25-/m0/s1. The number of carbonyl (C=O) groups excluding carboxylic acids is 1. The molecule has 1 amide bonds. The Labute approximate surface area is 216 Å². The highest BCUT2D eigenvalue weighted by Crippen LogP contribution is 2.33. The van der Waals surface area contributed by atoms with Crippen LogP contribution in [0.3, 0.4) is 0 Å². The van der Waals surface area contributed by atoms with Crippen molar-refractivity contribution in [2.24, 2.45) is 4.99 Å². The SMILES string of the molecule is CCCOc1ccc(/C=c2\sc3n(c2=O)[C@@H](c2cccs2)C(C(=O)Nc2ccccc2)=C(C)N=3)cc1. The molecule has 0 radical (unpaired) electrons. The average Bonchev–Trinajstić information content (AvgIpc) is 3.52. The van der Waals surface area contributed by atoms with Gasteiger partial charge in [-0.1, -0.05) is 54.7 Å². The normalized spacial score (nSPS) is 15.4. The van der Waals surface area contributed by atoms with E-state index in [9.17, 15) is 9.59 Å². The number of allylic oxidation sites excluding steroid dienone is 1. The number of carbonyl (C=O) groups is 1. The van der Waals surface area contributed by atoms with Crippen LogP contribution in [0.15, 0.2) is 93.2 Å². The number of nitrogens with one attached hydrogen (secondary N) is 1. The van der Waals surface area contributed by atoms with Crippen LogP contribution in [0.5, 0.6) is 5.75 Å². The van der Waals surface area contributed by atoms with Crippen LogP contribution in [0.2, 0.25) is 0 Å². The summed E-state index contributed by atoms with van der Waals surface area (Å²) in [6, 6.07) is 20.3. The molecule has 2 aromatic carbocycles. The Morgan fingerprint density at radius 1 is 1.11 bits per heavy atom. The maximum Gasteiger partial charge on any atom is 0.271 e. The van der Waals surface area contributed by atoms with Gasteiger partial charge in [-0.25, -0.2) is 4.99 Å². The molecule has 1 aliphatic heterocycles. The first kappa shape index (κ1) is 24.0. The Morgan fingerprint density at radius 3 is 2.58 bits per heavy atom. The molecule has 0 unspecified atom stereocenters. The number of amides is 1. The number of hydrogen-bond acceptors (Lipinski definition) is 6. The third kappa shape index (κ3) is 4.82. The molecule has 8 heteroatoms. The van der Waals surface area contributed by atoms with Crippen molar-refractivity contribution in [1.82, 2.24) is 4.57 Å². The van der Waals surface area contributed by atoms with E-state index in [2.05, 4.69) is 17.2 Å².